The Morgan fingerprint density at radius 1 is 1.11 bits per heavy atom. The van der Waals surface area contributed by atoms with Crippen LogP contribution in [0.2, 0.25) is 0 Å². The number of carbonyl (C=O) groups is 1. The average molecular weight is 395 g/mol. The summed E-state index contributed by atoms with van der Waals surface area (Å²) in [6, 6.07) is 0. The van der Waals surface area contributed by atoms with Crippen LogP contribution in [-0.2, 0) is 14.0 Å². The third-order valence-corrected chi connectivity index (χ3v) is 6.74. The molecule has 0 N–H and O–H groups in total. The molecule has 1 amide bonds. The zero-order chi connectivity index (χ0) is 21.0. The van der Waals surface area contributed by atoms with Crippen LogP contribution in [0.1, 0.15) is 74.1 Å². The van der Waals surface area contributed by atoms with Crippen LogP contribution in [0.15, 0.2) is 11.8 Å². The molecule has 28 heavy (non-hydrogen) atoms. The van der Waals surface area contributed by atoms with Crippen molar-refractivity contribution in [3.63, 3.8) is 0 Å². The molecule has 158 valence electrons. The van der Waals surface area contributed by atoms with Crippen molar-refractivity contribution in [2.75, 3.05) is 13.1 Å². The molecule has 7 heteroatoms. The second-order valence-corrected chi connectivity index (χ2v) is 10.8. The first kappa shape index (κ1) is 21.6. The maximum atomic E-state index is 14.7. The van der Waals surface area contributed by atoms with Crippen molar-refractivity contribution in [1.82, 2.24) is 4.90 Å². The number of halogens is 1. The van der Waals surface area contributed by atoms with Crippen molar-refractivity contribution in [3.05, 3.63) is 11.8 Å². The number of hydrogen-bond acceptors (Lipinski definition) is 4. The van der Waals surface area contributed by atoms with Crippen molar-refractivity contribution in [2.24, 2.45) is 11.3 Å². The van der Waals surface area contributed by atoms with E-state index in [2.05, 4.69) is 0 Å². The van der Waals surface area contributed by atoms with E-state index in [0.717, 1.165) is 25.7 Å². The van der Waals surface area contributed by atoms with Gasteiger partial charge in [0.2, 0.25) is 0 Å². The molecule has 0 aromatic carbocycles. The quantitative estimate of drug-likeness (QED) is 0.624. The molecule has 2 aliphatic heterocycles. The number of likely N-dealkylation sites (tertiary alicyclic amines) is 1. The molecule has 1 spiro atoms. The molecule has 0 bridgehead atoms. The summed E-state index contributed by atoms with van der Waals surface area (Å²) in [5, 5.41) is 0. The van der Waals surface area contributed by atoms with Crippen LogP contribution in [0.4, 0.5) is 9.18 Å². The molecule has 0 unspecified atom stereocenters. The summed E-state index contributed by atoms with van der Waals surface area (Å²) in [6.07, 6.45) is 5.28. The van der Waals surface area contributed by atoms with Crippen LogP contribution < -0.4 is 0 Å². The highest BCUT2D eigenvalue weighted by Gasteiger charge is 2.54. The highest BCUT2D eigenvalue weighted by molar-refractivity contribution is 6.53. The molecular weight excluding hydrogens is 360 g/mol. The monoisotopic (exact) mass is 395 g/mol. The minimum absolute atomic E-state index is 0.215. The highest BCUT2D eigenvalue weighted by Crippen LogP contribution is 2.53. The Kier molecular flexibility index (Phi) is 5.42. The van der Waals surface area contributed by atoms with Crippen molar-refractivity contribution < 1.29 is 23.2 Å². The van der Waals surface area contributed by atoms with Crippen molar-refractivity contribution in [1.29, 1.82) is 0 Å². The fourth-order valence-corrected chi connectivity index (χ4v) is 4.33. The topological polar surface area (TPSA) is 48.0 Å². The summed E-state index contributed by atoms with van der Waals surface area (Å²) < 4.78 is 31.7. The largest absolute Gasteiger partial charge is 0.524 e. The summed E-state index contributed by atoms with van der Waals surface area (Å²) >= 11 is 0. The number of rotatable bonds is 2. The molecular formula is C21H35BFNO4. The van der Waals surface area contributed by atoms with Gasteiger partial charge in [0, 0.05) is 13.1 Å². The molecule has 3 fully saturated rings. The number of allylic oxidation sites excluding steroid dienone is 1. The number of nitrogens with zero attached hydrogens (tertiary/aromatic N) is 1. The molecule has 2 heterocycles. The van der Waals surface area contributed by atoms with E-state index in [1.807, 2.05) is 48.5 Å². The van der Waals surface area contributed by atoms with E-state index in [-0.39, 0.29) is 23.2 Å². The van der Waals surface area contributed by atoms with Gasteiger partial charge in [0.05, 0.1) is 11.2 Å². The Balaban J connectivity index is 1.49. The fourth-order valence-electron chi connectivity index (χ4n) is 4.33. The van der Waals surface area contributed by atoms with Crippen molar-refractivity contribution >= 4 is 13.2 Å². The van der Waals surface area contributed by atoms with E-state index in [0.29, 0.717) is 13.1 Å². The van der Waals surface area contributed by atoms with Gasteiger partial charge < -0.3 is 18.9 Å². The summed E-state index contributed by atoms with van der Waals surface area (Å²) in [6.45, 7) is 14.8. The minimum atomic E-state index is -0.907. The van der Waals surface area contributed by atoms with Gasteiger partial charge in [-0.2, -0.15) is 0 Å². The molecule has 3 aliphatic rings. The van der Waals surface area contributed by atoms with Gasteiger partial charge in [-0.3, -0.25) is 0 Å². The second kappa shape index (κ2) is 7.01. The molecule has 3 rings (SSSR count). The maximum Gasteiger partial charge on any atom is 0.524 e. The van der Waals surface area contributed by atoms with Crippen LogP contribution >= 0.6 is 0 Å². The van der Waals surface area contributed by atoms with Gasteiger partial charge in [-0.25, -0.2) is 9.18 Å². The lowest BCUT2D eigenvalue weighted by atomic mass is 9.57. The highest BCUT2D eigenvalue weighted by atomic mass is 19.1. The van der Waals surface area contributed by atoms with E-state index in [9.17, 15) is 9.18 Å². The first-order valence-electron chi connectivity index (χ1n) is 10.4. The van der Waals surface area contributed by atoms with E-state index in [4.69, 9.17) is 14.0 Å². The third-order valence-electron chi connectivity index (χ3n) is 6.74. The predicted molar refractivity (Wildman–Crippen MR) is 107 cm³/mol. The lowest BCUT2D eigenvalue weighted by Crippen LogP contribution is -2.49. The first-order valence-corrected chi connectivity index (χ1v) is 10.4. The second-order valence-electron chi connectivity index (χ2n) is 10.8. The lowest BCUT2D eigenvalue weighted by Gasteiger charge is -2.51. The fraction of sp³-hybridized carbons (Fsp3) is 0.857. The summed E-state index contributed by atoms with van der Waals surface area (Å²) in [7, 11) is -0.907. The Bertz CT molecular complexity index is 623. The summed E-state index contributed by atoms with van der Waals surface area (Å²) in [5.41, 5.74) is -1.61. The number of hydrogen-bond donors (Lipinski definition) is 0. The van der Waals surface area contributed by atoms with Crippen molar-refractivity contribution in [3.8, 4) is 0 Å². The SMILES string of the molecule is CC(C)(C)OC(=O)N1CCC2(CC1)CC(C=C(F)B1OC(C)(C)C(C)(C)O1)C2. The zero-order valence-corrected chi connectivity index (χ0v) is 18.4. The Morgan fingerprint density at radius 2 is 1.61 bits per heavy atom. The smallest absolute Gasteiger partial charge is 0.444 e. The van der Waals surface area contributed by atoms with E-state index in [1.54, 1.807) is 11.0 Å². The van der Waals surface area contributed by atoms with Gasteiger partial charge in [0.1, 0.15) is 11.3 Å². The number of piperidine rings is 1. The minimum Gasteiger partial charge on any atom is -0.444 e. The van der Waals surface area contributed by atoms with Crippen LogP contribution in [0.3, 0.4) is 0 Å². The van der Waals surface area contributed by atoms with Crippen LogP contribution in [0, 0.1) is 11.3 Å². The zero-order valence-electron chi connectivity index (χ0n) is 18.4. The summed E-state index contributed by atoms with van der Waals surface area (Å²) in [4.78, 5) is 14.0. The van der Waals surface area contributed by atoms with Gasteiger partial charge in [0.15, 0.2) is 0 Å². The van der Waals surface area contributed by atoms with Gasteiger partial charge in [-0.1, -0.05) is 6.08 Å². The molecule has 2 saturated heterocycles. The summed E-state index contributed by atoms with van der Waals surface area (Å²) in [5.74, 6) is 0.215. The van der Waals surface area contributed by atoms with E-state index < -0.39 is 23.9 Å². The van der Waals surface area contributed by atoms with Crippen LogP contribution in [0.5, 0.6) is 0 Å². The molecule has 1 aliphatic carbocycles. The van der Waals surface area contributed by atoms with Gasteiger partial charge >= 0.3 is 13.2 Å². The van der Waals surface area contributed by atoms with Gasteiger partial charge in [-0.05, 0) is 85.5 Å². The number of carbonyl (C=O) groups excluding carboxylic acids is 1. The number of ether oxygens (including phenoxy) is 1. The van der Waals surface area contributed by atoms with Gasteiger partial charge in [0.25, 0.3) is 0 Å². The number of amides is 1. The maximum absolute atomic E-state index is 14.7. The lowest BCUT2D eigenvalue weighted by molar-refractivity contribution is -0.0176. The van der Waals surface area contributed by atoms with E-state index in [1.165, 1.54) is 0 Å². The molecule has 0 radical (unpaired) electrons. The molecule has 0 aromatic rings. The van der Waals surface area contributed by atoms with Crippen molar-refractivity contribution in [2.45, 2.75) is 91.0 Å². The average Bonchev–Trinajstić information content (AvgIpc) is 2.73. The predicted octanol–water partition coefficient (Wildman–Crippen LogP) is 4.90. The van der Waals surface area contributed by atoms with Crippen LogP contribution in [-0.4, -0.2) is 48.0 Å². The Morgan fingerprint density at radius 3 is 2.07 bits per heavy atom. The Labute approximate surface area is 169 Å². The first-order chi connectivity index (χ1) is 12.7. The van der Waals surface area contributed by atoms with Gasteiger partial charge in [-0.15, -0.1) is 0 Å². The van der Waals surface area contributed by atoms with E-state index >= 15 is 0 Å². The third kappa shape index (κ3) is 4.40. The Hall–Kier alpha value is -1.08. The van der Waals surface area contributed by atoms with Crippen LogP contribution in [0.25, 0.3) is 0 Å². The normalized spacial score (nSPS) is 27.1. The molecule has 0 atom stereocenters. The standard InChI is InChI=1S/C21H35BFNO4/c1-18(2,3)26-17(25)24-10-8-21(9-11-24)13-15(14-21)12-16(23)22-27-19(4,5)20(6,7)28-22/h12,15H,8-11,13-14H2,1-7H3. The molecule has 1 saturated carbocycles. The molecule has 5 nitrogen and oxygen atoms in total. The molecule has 0 aromatic heterocycles.